The fourth-order valence-electron chi connectivity index (χ4n) is 4.61. The number of pyridine rings is 1. The molecule has 154 valence electrons. The van der Waals surface area contributed by atoms with Gasteiger partial charge in [-0.15, -0.1) is 0 Å². The Bertz CT molecular complexity index is 1180. The summed E-state index contributed by atoms with van der Waals surface area (Å²) < 4.78 is 5.39. The molecule has 1 saturated heterocycles. The first-order valence-corrected chi connectivity index (χ1v) is 10.5. The highest BCUT2D eigenvalue weighted by Crippen LogP contribution is 2.39. The van der Waals surface area contributed by atoms with Crippen LogP contribution in [0, 0.1) is 0 Å². The van der Waals surface area contributed by atoms with Crippen molar-refractivity contribution in [2.24, 2.45) is 0 Å². The van der Waals surface area contributed by atoms with Crippen molar-refractivity contribution in [3.05, 3.63) is 63.9 Å². The fourth-order valence-corrected chi connectivity index (χ4v) is 4.61. The summed E-state index contributed by atoms with van der Waals surface area (Å²) in [6.45, 7) is 5.27. The summed E-state index contributed by atoms with van der Waals surface area (Å²) in [4.78, 5) is 30.5. The van der Waals surface area contributed by atoms with Crippen LogP contribution in [0.5, 0.6) is 0 Å². The minimum absolute atomic E-state index is 0.000771. The third-order valence-corrected chi connectivity index (χ3v) is 6.22. The van der Waals surface area contributed by atoms with Gasteiger partial charge in [-0.05, 0) is 41.6 Å². The number of carbonyl (C=O) groups is 1. The highest BCUT2D eigenvalue weighted by molar-refractivity contribution is 5.95. The lowest BCUT2D eigenvalue weighted by atomic mass is 10.0. The maximum atomic E-state index is 12.6. The molecule has 1 aliphatic heterocycles. The first kappa shape index (κ1) is 19.0. The molecule has 2 aromatic carbocycles. The molecule has 1 atom stereocenters. The topological polar surface area (TPSA) is 74.4 Å². The van der Waals surface area contributed by atoms with Gasteiger partial charge in [0.2, 0.25) is 5.91 Å². The Labute approximate surface area is 174 Å². The van der Waals surface area contributed by atoms with E-state index in [0.29, 0.717) is 6.42 Å². The Morgan fingerprint density at radius 3 is 2.73 bits per heavy atom. The van der Waals surface area contributed by atoms with Gasteiger partial charge in [-0.25, -0.2) is 0 Å². The quantitative estimate of drug-likeness (QED) is 0.549. The number of aromatic nitrogens is 1. The summed E-state index contributed by atoms with van der Waals surface area (Å²) in [6.07, 6.45) is 1.22. The molecule has 3 aromatic rings. The van der Waals surface area contributed by atoms with Crippen LogP contribution >= 0.6 is 0 Å². The van der Waals surface area contributed by atoms with E-state index in [1.165, 1.54) is 0 Å². The van der Waals surface area contributed by atoms with E-state index in [4.69, 9.17) is 4.74 Å². The molecular weight excluding hydrogens is 378 g/mol. The first-order chi connectivity index (χ1) is 14.6. The van der Waals surface area contributed by atoms with Crippen molar-refractivity contribution in [3.63, 3.8) is 0 Å². The maximum absolute atomic E-state index is 12.6. The largest absolute Gasteiger partial charge is 0.379 e. The van der Waals surface area contributed by atoms with E-state index in [-0.39, 0.29) is 17.5 Å². The van der Waals surface area contributed by atoms with Gasteiger partial charge in [-0.2, -0.15) is 0 Å². The number of carbonyl (C=O) groups excluding carboxylic acids is 1. The molecule has 0 radical (unpaired) electrons. The number of hydrogen-bond donors (Lipinski definition) is 2. The van der Waals surface area contributed by atoms with Crippen LogP contribution in [0.15, 0.2) is 47.3 Å². The Hall–Kier alpha value is -2.96. The molecule has 0 saturated carbocycles. The average molecular weight is 403 g/mol. The van der Waals surface area contributed by atoms with Crippen molar-refractivity contribution in [1.29, 1.82) is 0 Å². The molecule has 2 heterocycles. The highest BCUT2D eigenvalue weighted by Gasteiger charge is 2.24. The number of nitrogens with one attached hydrogen (secondary N) is 2. The third-order valence-electron chi connectivity index (χ3n) is 6.22. The second-order valence-electron chi connectivity index (χ2n) is 8.15. The molecule has 1 fully saturated rings. The van der Waals surface area contributed by atoms with Crippen LogP contribution in [0.1, 0.15) is 24.5 Å². The molecule has 0 bridgehead atoms. The van der Waals surface area contributed by atoms with Gasteiger partial charge in [-0.3, -0.25) is 14.5 Å². The molecule has 30 heavy (non-hydrogen) atoms. The second-order valence-corrected chi connectivity index (χ2v) is 8.15. The Morgan fingerprint density at radius 2 is 1.93 bits per heavy atom. The molecule has 6 nitrogen and oxygen atoms in total. The second kappa shape index (κ2) is 7.70. The summed E-state index contributed by atoms with van der Waals surface area (Å²) in [5.41, 5.74) is 4.85. The molecule has 1 aromatic heterocycles. The van der Waals surface area contributed by atoms with Crippen LogP contribution in [0.4, 0.5) is 5.69 Å². The van der Waals surface area contributed by atoms with Crippen LogP contribution in [0.3, 0.4) is 0 Å². The number of fused-ring (bicyclic) bond motifs is 5. The summed E-state index contributed by atoms with van der Waals surface area (Å²) in [5.74, 6) is -0.000771. The zero-order chi connectivity index (χ0) is 20.7. The number of rotatable bonds is 4. The summed E-state index contributed by atoms with van der Waals surface area (Å²) in [6, 6.07) is 13.9. The van der Waals surface area contributed by atoms with Gasteiger partial charge in [0.05, 0.1) is 18.9 Å². The SMILES string of the molecule is CC(CC(=O)Nc1ccc2c(c1)-c1[nH]c(=O)c3ccccc3c1C2)N1CCOCC1. The van der Waals surface area contributed by atoms with Gasteiger partial charge < -0.3 is 15.0 Å². The van der Waals surface area contributed by atoms with Crippen molar-refractivity contribution < 1.29 is 9.53 Å². The summed E-state index contributed by atoms with van der Waals surface area (Å²) >= 11 is 0. The zero-order valence-electron chi connectivity index (χ0n) is 17.0. The number of H-pyrrole nitrogens is 1. The van der Waals surface area contributed by atoms with Gasteiger partial charge in [-0.1, -0.05) is 24.3 Å². The van der Waals surface area contributed by atoms with Gasteiger partial charge in [0, 0.05) is 48.6 Å². The lowest BCUT2D eigenvalue weighted by Gasteiger charge is -2.31. The van der Waals surface area contributed by atoms with Crippen LogP contribution in [0.2, 0.25) is 0 Å². The maximum Gasteiger partial charge on any atom is 0.256 e. The Morgan fingerprint density at radius 1 is 1.17 bits per heavy atom. The van der Waals surface area contributed by atoms with Crippen molar-refractivity contribution in [3.8, 4) is 11.3 Å². The van der Waals surface area contributed by atoms with E-state index in [1.54, 1.807) is 0 Å². The summed E-state index contributed by atoms with van der Waals surface area (Å²) in [7, 11) is 0. The van der Waals surface area contributed by atoms with Gasteiger partial charge in [0.15, 0.2) is 0 Å². The smallest absolute Gasteiger partial charge is 0.256 e. The predicted molar refractivity (Wildman–Crippen MR) is 118 cm³/mol. The number of aromatic amines is 1. The van der Waals surface area contributed by atoms with E-state index in [9.17, 15) is 9.59 Å². The van der Waals surface area contributed by atoms with Crippen LogP contribution in [-0.2, 0) is 16.0 Å². The number of morpholine rings is 1. The molecule has 1 aliphatic carbocycles. The van der Waals surface area contributed by atoms with Crippen LogP contribution in [0.25, 0.3) is 22.0 Å². The molecule has 6 heteroatoms. The minimum atomic E-state index is -0.0778. The molecule has 1 unspecified atom stereocenters. The molecule has 0 spiro atoms. The number of amides is 1. The van der Waals surface area contributed by atoms with Crippen molar-refractivity contribution in [2.45, 2.75) is 25.8 Å². The lowest BCUT2D eigenvalue weighted by Crippen LogP contribution is -2.43. The summed E-state index contributed by atoms with van der Waals surface area (Å²) in [5, 5.41) is 4.75. The number of hydrogen-bond acceptors (Lipinski definition) is 4. The van der Waals surface area contributed by atoms with Crippen LogP contribution in [-0.4, -0.2) is 48.1 Å². The number of nitrogens with zero attached hydrogens (tertiary/aromatic N) is 1. The van der Waals surface area contributed by atoms with Crippen molar-refractivity contribution in [2.75, 3.05) is 31.6 Å². The first-order valence-electron chi connectivity index (χ1n) is 10.5. The Balaban J connectivity index is 1.37. The predicted octanol–water partition coefficient (Wildman–Crippen LogP) is 3.15. The monoisotopic (exact) mass is 403 g/mol. The van der Waals surface area contributed by atoms with Crippen molar-refractivity contribution in [1.82, 2.24) is 9.88 Å². The van der Waals surface area contributed by atoms with Gasteiger partial charge >= 0.3 is 0 Å². The van der Waals surface area contributed by atoms with Gasteiger partial charge in [0.25, 0.3) is 5.56 Å². The standard InChI is InChI=1S/C24H25N3O3/c1-15(27-8-10-30-11-9-27)12-22(28)25-17-7-6-16-13-21-18-4-2-3-5-19(18)24(29)26-23(21)20(16)14-17/h2-7,14-15H,8-13H2,1H3,(H,25,28)(H,26,29). The van der Waals surface area contributed by atoms with Crippen molar-refractivity contribution >= 4 is 22.4 Å². The number of ether oxygens (including phenoxy) is 1. The molecule has 2 N–H and O–H groups in total. The molecule has 5 rings (SSSR count). The molecular formula is C24H25N3O3. The van der Waals surface area contributed by atoms with E-state index < -0.39 is 0 Å². The fraction of sp³-hybridized carbons (Fsp3) is 0.333. The highest BCUT2D eigenvalue weighted by atomic mass is 16.5. The molecule has 2 aliphatic rings. The van der Waals surface area contributed by atoms with Crippen LogP contribution < -0.4 is 10.9 Å². The van der Waals surface area contributed by atoms with E-state index in [1.807, 2.05) is 42.5 Å². The van der Waals surface area contributed by atoms with E-state index in [0.717, 1.165) is 71.6 Å². The normalized spacial score (nSPS) is 16.8. The zero-order valence-corrected chi connectivity index (χ0v) is 17.0. The lowest BCUT2D eigenvalue weighted by molar-refractivity contribution is -0.117. The molecule has 1 amide bonds. The average Bonchev–Trinajstić information content (AvgIpc) is 3.12. The Kier molecular flexibility index (Phi) is 4.89. The number of benzene rings is 2. The van der Waals surface area contributed by atoms with E-state index in [2.05, 4.69) is 22.1 Å². The van der Waals surface area contributed by atoms with E-state index >= 15 is 0 Å². The minimum Gasteiger partial charge on any atom is -0.379 e. The third kappa shape index (κ3) is 3.42. The van der Waals surface area contributed by atoms with Gasteiger partial charge in [0.1, 0.15) is 0 Å². The number of anilines is 1.